The van der Waals surface area contributed by atoms with Crippen LogP contribution in [0.1, 0.15) is 12.8 Å². The largest absolute Gasteiger partial charge is 0.326 e. The molecule has 2 N–H and O–H groups in total. The first kappa shape index (κ1) is 20.7. The number of nitrogens with one attached hydrogen (secondary N) is 2. The maximum Gasteiger partial charge on any atom is 0.236 e. The first-order valence-electron chi connectivity index (χ1n) is 10.4. The smallest absolute Gasteiger partial charge is 0.236 e. The number of fused-ring (bicyclic) bond motifs is 1. The van der Waals surface area contributed by atoms with E-state index in [1.807, 2.05) is 47.8 Å². The van der Waals surface area contributed by atoms with Crippen molar-refractivity contribution in [2.45, 2.75) is 17.7 Å². The van der Waals surface area contributed by atoms with E-state index in [4.69, 9.17) is 0 Å². The molecule has 0 aliphatic heterocycles. The van der Waals surface area contributed by atoms with Gasteiger partial charge in [0.1, 0.15) is 0 Å². The summed E-state index contributed by atoms with van der Waals surface area (Å²) in [6.07, 6.45) is 1.94. The van der Waals surface area contributed by atoms with Crippen LogP contribution in [0.2, 0.25) is 0 Å². The van der Waals surface area contributed by atoms with E-state index in [9.17, 15) is 9.59 Å². The first-order valence-corrected chi connectivity index (χ1v) is 12.3. The van der Waals surface area contributed by atoms with Crippen LogP contribution in [-0.2, 0) is 9.59 Å². The minimum Gasteiger partial charge on any atom is -0.326 e. The van der Waals surface area contributed by atoms with Crippen molar-refractivity contribution < 1.29 is 9.59 Å². The maximum atomic E-state index is 12.4. The van der Waals surface area contributed by atoms with Gasteiger partial charge in [-0.1, -0.05) is 42.5 Å². The van der Waals surface area contributed by atoms with E-state index in [-0.39, 0.29) is 23.5 Å². The molecule has 1 fully saturated rings. The van der Waals surface area contributed by atoms with Crippen molar-refractivity contribution in [2.75, 3.05) is 16.4 Å². The number of nitrogens with zero attached hydrogens (tertiary/aromatic N) is 1. The maximum absolute atomic E-state index is 12.4. The van der Waals surface area contributed by atoms with Gasteiger partial charge >= 0.3 is 0 Å². The zero-order valence-electron chi connectivity index (χ0n) is 17.2. The van der Waals surface area contributed by atoms with Gasteiger partial charge in [0, 0.05) is 27.4 Å². The van der Waals surface area contributed by atoms with Gasteiger partial charge in [-0.25, -0.2) is 4.98 Å². The van der Waals surface area contributed by atoms with Crippen LogP contribution >= 0.6 is 23.1 Å². The molecule has 1 aliphatic carbocycles. The summed E-state index contributed by atoms with van der Waals surface area (Å²) in [7, 11) is 0. The van der Waals surface area contributed by atoms with Crippen molar-refractivity contribution in [1.29, 1.82) is 0 Å². The molecule has 4 aromatic rings. The third kappa shape index (κ3) is 5.00. The van der Waals surface area contributed by atoms with Crippen LogP contribution in [0.5, 0.6) is 0 Å². The number of carbonyl (C=O) groups is 2. The van der Waals surface area contributed by atoms with Crippen LogP contribution in [-0.4, -0.2) is 22.6 Å². The quantitative estimate of drug-likeness (QED) is 0.330. The van der Waals surface area contributed by atoms with E-state index in [0.29, 0.717) is 5.13 Å². The van der Waals surface area contributed by atoms with Crippen molar-refractivity contribution in [2.24, 2.45) is 5.92 Å². The van der Waals surface area contributed by atoms with Gasteiger partial charge in [-0.05, 0) is 47.9 Å². The van der Waals surface area contributed by atoms with Crippen molar-refractivity contribution >= 4 is 56.5 Å². The standard InChI is InChI=1S/C25H21N3O2S2/c29-23(15-31-21-7-3-6-20(13-21)26-24(30)17-9-10-17)28-25-27-22(14-32-25)19-11-8-16-4-1-2-5-18(16)12-19/h1-8,11-14,17H,9-10,15H2,(H,26,30)(H,27,28,29). The van der Waals surface area contributed by atoms with Crippen LogP contribution < -0.4 is 10.6 Å². The summed E-state index contributed by atoms with van der Waals surface area (Å²) in [5.41, 5.74) is 2.65. The fourth-order valence-corrected chi connectivity index (χ4v) is 4.86. The molecular formula is C25H21N3O2S2. The molecule has 1 saturated carbocycles. The van der Waals surface area contributed by atoms with Crippen molar-refractivity contribution in [1.82, 2.24) is 4.98 Å². The van der Waals surface area contributed by atoms with E-state index >= 15 is 0 Å². The summed E-state index contributed by atoms with van der Waals surface area (Å²) in [6.45, 7) is 0. The number of thioether (sulfide) groups is 1. The number of rotatable bonds is 7. The number of thiazole rings is 1. The Morgan fingerprint density at radius 3 is 2.66 bits per heavy atom. The fourth-order valence-electron chi connectivity index (χ4n) is 3.37. The molecule has 0 saturated heterocycles. The second-order valence-electron chi connectivity index (χ2n) is 7.73. The molecule has 32 heavy (non-hydrogen) atoms. The predicted molar refractivity (Wildman–Crippen MR) is 132 cm³/mol. The number of benzene rings is 3. The topological polar surface area (TPSA) is 71.1 Å². The Balaban J connectivity index is 1.18. The monoisotopic (exact) mass is 459 g/mol. The van der Waals surface area contributed by atoms with Gasteiger partial charge in [0.15, 0.2) is 5.13 Å². The van der Waals surface area contributed by atoms with E-state index in [0.717, 1.165) is 40.1 Å². The normalized spacial score (nSPS) is 13.1. The predicted octanol–water partition coefficient (Wildman–Crippen LogP) is 6.04. The number of carbonyl (C=O) groups excluding carboxylic acids is 2. The van der Waals surface area contributed by atoms with Gasteiger partial charge in [0.05, 0.1) is 11.4 Å². The average Bonchev–Trinajstić information content (AvgIpc) is 3.57. The molecule has 0 bridgehead atoms. The molecule has 5 rings (SSSR count). The average molecular weight is 460 g/mol. The summed E-state index contributed by atoms with van der Waals surface area (Å²) >= 11 is 2.85. The molecule has 1 heterocycles. The molecule has 2 amide bonds. The fraction of sp³-hybridized carbons (Fsp3) is 0.160. The minimum absolute atomic E-state index is 0.0795. The summed E-state index contributed by atoms with van der Waals surface area (Å²) in [5, 5.41) is 10.7. The third-order valence-electron chi connectivity index (χ3n) is 5.22. The Morgan fingerprint density at radius 2 is 1.81 bits per heavy atom. The van der Waals surface area contributed by atoms with Gasteiger partial charge in [-0.3, -0.25) is 9.59 Å². The molecule has 3 aromatic carbocycles. The van der Waals surface area contributed by atoms with Crippen LogP contribution in [0.4, 0.5) is 10.8 Å². The highest BCUT2D eigenvalue weighted by Crippen LogP contribution is 2.31. The Kier molecular flexibility index (Phi) is 5.92. The first-order chi connectivity index (χ1) is 15.6. The summed E-state index contributed by atoms with van der Waals surface area (Å²) < 4.78 is 0. The van der Waals surface area contributed by atoms with Crippen LogP contribution in [0.3, 0.4) is 0 Å². The van der Waals surface area contributed by atoms with Crippen LogP contribution in [0, 0.1) is 5.92 Å². The Bertz CT molecular complexity index is 1300. The number of hydrogen-bond donors (Lipinski definition) is 2. The lowest BCUT2D eigenvalue weighted by Crippen LogP contribution is -2.14. The third-order valence-corrected chi connectivity index (χ3v) is 6.97. The van der Waals surface area contributed by atoms with E-state index in [2.05, 4.69) is 39.9 Å². The Hall–Kier alpha value is -3.16. The molecule has 5 nitrogen and oxygen atoms in total. The number of hydrogen-bond acceptors (Lipinski definition) is 5. The number of aromatic nitrogens is 1. The van der Waals surface area contributed by atoms with E-state index in [1.54, 1.807) is 0 Å². The minimum atomic E-state index is -0.109. The van der Waals surface area contributed by atoms with Gasteiger partial charge in [-0.15, -0.1) is 23.1 Å². The highest BCUT2D eigenvalue weighted by molar-refractivity contribution is 8.00. The summed E-state index contributed by atoms with van der Waals surface area (Å²) in [5.74, 6) is 0.401. The zero-order chi connectivity index (χ0) is 21.9. The van der Waals surface area contributed by atoms with Gasteiger partial charge < -0.3 is 10.6 Å². The molecule has 1 aliphatic rings. The number of anilines is 2. The van der Waals surface area contributed by atoms with E-state index in [1.165, 1.54) is 28.5 Å². The molecular weight excluding hydrogens is 438 g/mol. The Morgan fingerprint density at radius 1 is 0.969 bits per heavy atom. The van der Waals surface area contributed by atoms with Crippen LogP contribution in [0.25, 0.3) is 22.0 Å². The van der Waals surface area contributed by atoms with Gasteiger partial charge in [-0.2, -0.15) is 0 Å². The zero-order valence-corrected chi connectivity index (χ0v) is 18.8. The molecule has 0 atom stereocenters. The molecule has 0 spiro atoms. The number of amides is 2. The van der Waals surface area contributed by atoms with E-state index < -0.39 is 0 Å². The molecule has 160 valence electrons. The van der Waals surface area contributed by atoms with Crippen LogP contribution in [0.15, 0.2) is 77.0 Å². The second-order valence-corrected chi connectivity index (χ2v) is 9.63. The lowest BCUT2D eigenvalue weighted by Gasteiger charge is -2.07. The lowest BCUT2D eigenvalue weighted by molar-refractivity contribution is -0.117. The molecule has 1 aromatic heterocycles. The van der Waals surface area contributed by atoms with Crippen molar-refractivity contribution in [3.8, 4) is 11.3 Å². The second kappa shape index (κ2) is 9.14. The van der Waals surface area contributed by atoms with Gasteiger partial charge in [0.25, 0.3) is 0 Å². The SMILES string of the molecule is O=C(CSc1cccc(NC(=O)C2CC2)c1)Nc1nc(-c2ccc3ccccc3c2)cs1. The highest BCUT2D eigenvalue weighted by Gasteiger charge is 2.29. The molecule has 7 heteroatoms. The van der Waals surface area contributed by atoms with Crippen molar-refractivity contribution in [3.63, 3.8) is 0 Å². The lowest BCUT2D eigenvalue weighted by atomic mass is 10.1. The summed E-state index contributed by atoms with van der Waals surface area (Å²) in [6, 6.07) is 22.1. The molecule has 0 radical (unpaired) electrons. The highest BCUT2D eigenvalue weighted by atomic mass is 32.2. The van der Waals surface area contributed by atoms with Crippen molar-refractivity contribution in [3.05, 3.63) is 72.1 Å². The molecule has 0 unspecified atom stereocenters. The van der Waals surface area contributed by atoms with Gasteiger partial charge in [0.2, 0.25) is 11.8 Å². The summed E-state index contributed by atoms with van der Waals surface area (Å²) in [4.78, 5) is 29.9. The Labute approximate surface area is 194 Å².